The van der Waals surface area contributed by atoms with Crippen LogP contribution >= 0.6 is 22.6 Å². The third kappa shape index (κ3) is 6.33. The first-order chi connectivity index (χ1) is 12.3. The number of nitrogens with one attached hydrogen (secondary N) is 2. The van der Waals surface area contributed by atoms with E-state index in [1.807, 2.05) is 45.0 Å². The van der Waals surface area contributed by atoms with Gasteiger partial charge in [-0.2, -0.15) is 0 Å². The highest BCUT2D eigenvalue weighted by molar-refractivity contribution is 14.1. The second kappa shape index (κ2) is 9.56. The van der Waals surface area contributed by atoms with Crippen LogP contribution in [0.5, 0.6) is 5.75 Å². The van der Waals surface area contributed by atoms with Crippen molar-refractivity contribution < 1.29 is 14.3 Å². The van der Waals surface area contributed by atoms with Crippen LogP contribution in [0.25, 0.3) is 0 Å². The van der Waals surface area contributed by atoms with Gasteiger partial charge in [0.2, 0.25) is 0 Å². The molecule has 0 atom stereocenters. The number of halogens is 1. The Morgan fingerprint density at radius 1 is 1.12 bits per heavy atom. The Kier molecular flexibility index (Phi) is 7.44. The number of anilines is 1. The molecule has 5 nitrogen and oxygen atoms in total. The van der Waals surface area contributed by atoms with E-state index < -0.39 is 0 Å². The molecule has 26 heavy (non-hydrogen) atoms. The van der Waals surface area contributed by atoms with Gasteiger partial charge in [-0.1, -0.05) is 13.8 Å². The Bertz CT molecular complexity index is 773. The lowest BCUT2D eigenvalue weighted by Gasteiger charge is -2.12. The van der Waals surface area contributed by atoms with E-state index >= 15 is 0 Å². The Hall–Kier alpha value is -2.09. The number of hydrogen-bond acceptors (Lipinski definition) is 3. The summed E-state index contributed by atoms with van der Waals surface area (Å²) >= 11 is 2.21. The number of hydrogen-bond donors (Lipinski definition) is 2. The van der Waals surface area contributed by atoms with E-state index in [4.69, 9.17) is 4.74 Å². The fraction of sp³-hybridized carbons (Fsp3) is 0.300. The molecule has 0 aliphatic carbocycles. The van der Waals surface area contributed by atoms with E-state index in [9.17, 15) is 9.59 Å². The molecule has 2 rings (SSSR count). The molecule has 6 heteroatoms. The van der Waals surface area contributed by atoms with E-state index in [0.29, 0.717) is 29.5 Å². The van der Waals surface area contributed by atoms with Gasteiger partial charge in [0.25, 0.3) is 11.8 Å². The molecule has 138 valence electrons. The minimum Gasteiger partial charge on any atom is -0.484 e. The molecule has 0 aliphatic heterocycles. The van der Waals surface area contributed by atoms with Crippen LogP contribution in [0.1, 0.15) is 29.8 Å². The summed E-state index contributed by atoms with van der Waals surface area (Å²) in [7, 11) is 0. The first-order valence-electron chi connectivity index (χ1n) is 8.42. The molecule has 2 aromatic carbocycles. The number of rotatable bonds is 7. The van der Waals surface area contributed by atoms with Crippen molar-refractivity contribution >= 4 is 40.1 Å². The SMILES string of the molecule is Cc1cc(C(=O)NCC(C)C)ccc1NC(=O)COc1ccc(I)cc1. The van der Waals surface area contributed by atoms with Crippen molar-refractivity contribution in [1.29, 1.82) is 0 Å². The molecular weight excluding hydrogens is 443 g/mol. The molecule has 0 saturated carbocycles. The van der Waals surface area contributed by atoms with Crippen LogP contribution in [0.4, 0.5) is 5.69 Å². The number of carbonyl (C=O) groups excluding carboxylic acids is 2. The second-order valence-electron chi connectivity index (χ2n) is 6.42. The van der Waals surface area contributed by atoms with Crippen molar-refractivity contribution in [3.05, 3.63) is 57.2 Å². The first kappa shape index (κ1) is 20.2. The minimum atomic E-state index is -0.247. The van der Waals surface area contributed by atoms with E-state index in [1.165, 1.54) is 0 Å². The first-order valence-corrected chi connectivity index (χ1v) is 9.50. The number of carbonyl (C=O) groups is 2. The fourth-order valence-electron chi connectivity index (χ4n) is 2.21. The smallest absolute Gasteiger partial charge is 0.262 e. The molecule has 0 heterocycles. The molecule has 2 aromatic rings. The summed E-state index contributed by atoms with van der Waals surface area (Å²) in [5.74, 6) is 0.687. The zero-order chi connectivity index (χ0) is 19.1. The summed E-state index contributed by atoms with van der Waals surface area (Å²) in [5, 5.41) is 5.69. The van der Waals surface area contributed by atoms with E-state index in [2.05, 4.69) is 33.2 Å². The fourth-order valence-corrected chi connectivity index (χ4v) is 2.57. The molecule has 0 radical (unpaired) electrons. The quantitative estimate of drug-likeness (QED) is 0.607. The highest BCUT2D eigenvalue weighted by Crippen LogP contribution is 2.17. The van der Waals surface area contributed by atoms with Crippen molar-refractivity contribution in [3.8, 4) is 5.75 Å². The second-order valence-corrected chi connectivity index (χ2v) is 7.67. The monoisotopic (exact) mass is 466 g/mol. The van der Waals surface area contributed by atoms with Crippen molar-refractivity contribution in [2.24, 2.45) is 5.92 Å². The van der Waals surface area contributed by atoms with Gasteiger partial charge >= 0.3 is 0 Å². The largest absolute Gasteiger partial charge is 0.484 e. The molecule has 0 unspecified atom stereocenters. The van der Waals surface area contributed by atoms with Crippen molar-refractivity contribution in [2.75, 3.05) is 18.5 Å². The number of ether oxygens (including phenoxy) is 1. The average molecular weight is 466 g/mol. The van der Waals surface area contributed by atoms with Gasteiger partial charge in [0.05, 0.1) is 0 Å². The summed E-state index contributed by atoms with van der Waals surface area (Å²) < 4.78 is 6.58. The van der Waals surface area contributed by atoms with Gasteiger partial charge in [-0.05, 0) is 83.5 Å². The zero-order valence-electron chi connectivity index (χ0n) is 15.1. The maximum atomic E-state index is 12.1. The maximum absolute atomic E-state index is 12.1. The van der Waals surface area contributed by atoms with Gasteiger partial charge in [-0.25, -0.2) is 0 Å². The Morgan fingerprint density at radius 3 is 2.42 bits per heavy atom. The standard InChI is InChI=1S/C20H23IN2O3/c1-13(2)11-22-20(25)15-4-9-18(14(3)10-15)23-19(24)12-26-17-7-5-16(21)6-8-17/h4-10,13H,11-12H2,1-3H3,(H,22,25)(H,23,24). The Morgan fingerprint density at radius 2 is 1.81 bits per heavy atom. The van der Waals surface area contributed by atoms with Crippen LogP contribution in [0.15, 0.2) is 42.5 Å². The molecule has 2 N–H and O–H groups in total. The normalized spacial score (nSPS) is 10.5. The maximum Gasteiger partial charge on any atom is 0.262 e. The van der Waals surface area contributed by atoms with Crippen LogP contribution in [-0.2, 0) is 4.79 Å². The van der Waals surface area contributed by atoms with Gasteiger partial charge in [0.1, 0.15) is 5.75 Å². The predicted octanol–water partition coefficient (Wildman–Crippen LogP) is 4.00. The van der Waals surface area contributed by atoms with Gasteiger partial charge in [-0.3, -0.25) is 9.59 Å². The summed E-state index contributed by atoms with van der Waals surface area (Å²) in [5.41, 5.74) is 2.07. The third-order valence-electron chi connectivity index (χ3n) is 3.62. The average Bonchev–Trinajstić information content (AvgIpc) is 2.61. The lowest BCUT2D eigenvalue weighted by molar-refractivity contribution is -0.118. The van der Waals surface area contributed by atoms with Crippen LogP contribution in [0.2, 0.25) is 0 Å². The van der Waals surface area contributed by atoms with E-state index in [1.54, 1.807) is 18.2 Å². The molecular formula is C20H23IN2O3. The number of amides is 2. The summed E-state index contributed by atoms with van der Waals surface area (Å²) in [6.45, 7) is 6.50. The van der Waals surface area contributed by atoms with Crippen molar-refractivity contribution in [1.82, 2.24) is 5.32 Å². The summed E-state index contributed by atoms with van der Waals surface area (Å²) in [6.07, 6.45) is 0. The van der Waals surface area contributed by atoms with Crippen LogP contribution in [-0.4, -0.2) is 25.0 Å². The number of benzene rings is 2. The van der Waals surface area contributed by atoms with E-state index in [-0.39, 0.29) is 18.4 Å². The summed E-state index contributed by atoms with van der Waals surface area (Å²) in [6, 6.07) is 12.7. The predicted molar refractivity (Wildman–Crippen MR) is 112 cm³/mol. The lowest BCUT2D eigenvalue weighted by atomic mass is 10.1. The van der Waals surface area contributed by atoms with Crippen LogP contribution < -0.4 is 15.4 Å². The van der Waals surface area contributed by atoms with Crippen LogP contribution in [0, 0.1) is 16.4 Å². The van der Waals surface area contributed by atoms with Gasteiger partial charge < -0.3 is 15.4 Å². The molecule has 0 spiro atoms. The molecule has 0 aromatic heterocycles. The van der Waals surface area contributed by atoms with Crippen molar-refractivity contribution in [3.63, 3.8) is 0 Å². The van der Waals surface area contributed by atoms with Gasteiger partial charge in [-0.15, -0.1) is 0 Å². The van der Waals surface area contributed by atoms with Crippen molar-refractivity contribution in [2.45, 2.75) is 20.8 Å². The zero-order valence-corrected chi connectivity index (χ0v) is 17.3. The van der Waals surface area contributed by atoms with Crippen LogP contribution in [0.3, 0.4) is 0 Å². The molecule has 0 saturated heterocycles. The highest BCUT2D eigenvalue weighted by Gasteiger charge is 2.10. The Balaban J connectivity index is 1.91. The molecule has 0 aliphatic rings. The highest BCUT2D eigenvalue weighted by atomic mass is 127. The number of aryl methyl sites for hydroxylation is 1. The Labute approximate surface area is 167 Å². The lowest BCUT2D eigenvalue weighted by Crippen LogP contribution is -2.27. The summed E-state index contributed by atoms with van der Waals surface area (Å²) in [4.78, 5) is 24.2. The topological polar surface area (TPSA) is 67.4 Å². The molecule has 0 bridgehead atoms. The van der Waals surface area contributed by atoms with E-state index in [0.717, 1.165) is 9.13 Å². The van der Waals surface area contributed by atoms with Gasteiger partial charge in [0, 0.05) is 21.4 Å². The minimum absolute atomic E-state index is 0.0728. The third-order valence-corrected chi connectivity index (χ3v) is 4.34. The molecule has 2 amide bonds. The van der Waals surface area contributed by atoms with Gasteiger partial charge in [0.15, 0.2) is 6.61 Å². The molecule has 0 fully saturated rings.